The first kappa shape index (κ1) is 19.5. The summed E-state index contributed by atoms with van der Waals surface area (Å²) in [5.74, 6) is -1.13. The summed E-state index contributed by atoms with van der Waals surface area (Å²) >= 11 is 0. The third-order valence-corrected chi connectivity index (χ3v) is 3.88. The van der Waals surface area contributed by atoms with Crippen molar-refractivity contribution in [3.63, 3.8) is 0 Å². The van der Waals surface area contributed by atoms with E-state index in [2.05, 4.69) is 32.8 Å². The van der Waals surface area contributed by atoms with Gasteiger partial charge in [0.2, 0.25) is 0 Å². The Hall–Kier alpha value is -2.87. The molecule has 0 saturated heterocycles. The van der Waals surface area contributed by atoms with Crippen LogP contribution in [0.4, 0.5) is 4.79 Å². The molecule has 0 aliphatic heterocycles. The Morgan fingerprint density at radius 2 is 2.04 bits per heavy atom. The van der Waals surface area contributed by atoms with Crippen molar-refractivity contribution in [2.75, 3.05) is 20.1 Å². The standard InChI is InChI=1S/C18H25N5O3/c1-22(12-14-7-4-3-5-8-14)10-6-9-19-18(26)21-16(17(24)25)15-11-20-23(2)13-15/h3-5,7-8,11,13,16H,6,9-10,12H2,1-2H3,(H,24,25)(H2,19,21,26). The van der Waals surface area contributed by atoms with Crippen LogP contribution in [0.15, 0.2) is 42.7 Å². The zero-order valence-corrected chi connectivity index (χ0v) is 15.1. The third kappa shape index (κ3) is 6.21. The summed E-state index contributed by atoms with van der Waals surface area (Å²) in [5.41, 5.74) is 1.67. The monoisotopic (exact) mass is 359 g/mol. The number of carboxylic acid groups (broad SMARTS) is 1. The number of carbonyl (C=O) groups is 2. The quantitative estimate of drug-likeness (QED) is 0.587. The van der Waals surface area contributed by atoms with E-state index in [-0.39, 0.29) is 0 Å². The second kappa shape index (κ2) is 9.57. The second-order valence-corrected chi connectivity index (χ2v) is 6.20. The lowest BCUT2D eigenvalue weighted by Gasteiger charge is -2.17. The number of nitrogens with zero attached hydrogens (tertiary/aromatic N) is 3. The Kier molecular flexibility index (Phi) is 7.16. The largest absolute Gasteiger partial charge is 0.479 e. The summed E-state index contributed by atoms with van der Waals surface area (Å²) in [5, 5.41) is 18.4. The molecule has 1 atom stereocenters. The van der Waals surface area contributed by atoms with Crippen molar-refractivity contribution < 1.29 is 14.7 Å². The van der Waals surface area contributed by atoms with E-state index in [1.807, 2.05) is 25.2 Å². The van der Waals surface area contributed by atoms with Gasteiger partial charge in [-0.05, 0) is 25.6 Å². The molecule has 0 radical (unpaired) electrons. The molecule has 1 unspecified atom stereocenters. The number of carbonyl (C=O) groups excluding carboxylic acids is 1. The summed E-state index contributed by atoms with van der Waals surface area (Å²) in [6.07, 6.45) is 3.76. The number of hydrogen-bond acceptors (Lipinski definition) is 4. The highest BCUT2D eigenvalue weighted by Gasteiger charge is 2.23. The molecule has 140 valence electrons. The number of rotatable bonds is 9. The van der Waals surface area contributed by atoms with Gasteiger partial charge in [0.25, 0.3) is 0 Å². The van der Waals surface area contributed by atoms with Crippen molar-refractivity contribution in [1.29, 1.82) is 0 Å². The highest BCUT2D eigenvalue weighted by atomic mass is 16.4. The molecule has 1 aromatic carbocycles. The van der Waals surface area contributed by atoms with Gasteiger partial charge in [0.05, 0.1) is 6.20 Å². The first-order valence-electron chi connectivity index (χ1n) is 8.44. The minimum Gasteiger partial charge on any atom is -0.479 e. The van der Waals surface area contributed by atoms with Crippen LogP contribution in [0, 0.1) is 0 Å². The SMILES string of the molecule is CN(CCCNC(=O)NC(C(=O)O)c1cnn(C)c1)Cc1ccccc1. The number of carboxylic acids is 1. The Balaban J connectivity index is 1.70. The van der Waals surface area contributed by atoms with E-state index in [4.69, 9.17) is 0 Å². The van der Waals surface area contributed by atoms with Gasteiger partial charge in [-0.1, -0.05) is 30.3 Å². The molecular weight excluding hydrogens is 334 g/mol. The Morgan fingerprint density at radius 3 is 2.65 bits per heavy atom. The molecule has 0 fully saturated rings. The maximum absolute atomic E-state index is 11.9. The normalized spacial score (nSPS) is 12.0. The van der Waals surface area contributed by atoms with E-state index >= 15 is 0 Å². The minimum absolute atomic E-state index is 0.428. The van der Waals surface area contributed by atoms with Crippen LogP contribution in [-0.2, 0) is 18.4 Å². The van der Waals surface area contributed by atoms with Gasteiger partial charge >= 0.3 is 12.0 Å². The van der Waals surface area contributed by atoms with Crippen LogP contribution >= 0.6 is 0 Å². The van der Waals surface area contributed by atoms with E-state index < -0.39 is 18.0 Å². The topological polar surface area (TPSA) is 99.5 Å². The fourth-order valence-electron chi connectivity index (χ4n) is 2.58. The molecule has 3 N–H and O–H groups in total. The van der Waals surface area contributed by atoms with Crippen molar-refractivity contribution in [1.82, 2.24) is 25.3 Å². The minimum atomic E-state index is -1.13. The van der Waals surface area contributed by atoms with Crippen molar-refractivity contribution in [2.24, 2.45) is 7.05 Å². The number of urea groups is 1. The zero-order chi connectivity index (χ0) is 18.9. The molecule has 8 nitrogen and oxygen atoms in total. The number of hydrogen-bond donors (Lipinski definition) is 3. The van der Waals surface area contributed by atoms with E-state index in [1.165, 1.54) is 16.4 Å². The Bertz CT molecular complexity index is 717. The molecule has 0 spiro atoms. The molecule has 8 heteroatoms. The van der Waals surface area contributed by atoms with Crippen LogP contribution in [-0.4, -0.2) is 51.9 Å². The van der Waals surface area contributed by atoms with Crippen LogP contribution in [0.2, 0.25) is 0 Å². The number of amides is 2. The van der Waals surface area contributed by atoms with E-state index in [1.54, 1.807) is 13.2 Å². The van der Waals surface area contributed by atoms with Gasteiger partial charge in [0, 0.05) is 31.9 Å². The number of benzene rings is 1. The second-order valence-electron chi connectivity index (χ2n) is 6.20. The molecular formula is C18H25N5O3. The average molecular weight is 359 g/mol. The maximum Gasteiger partial charge on any atom is 0.331 e. The van der Waals surface area contributed by atoms with E-state index in [0.717, 1.165) is 19.5 Å². The first-order valence-corrected chi connectivity index (χ1v) is 8.44. The van der Waals surface area contributed by atoms with Crippen LogP contribution in [0.5, 0.6) is 0 Å². The Morgan fingerprint density at radius 1 is 1.31 bits per heavy atom. The smallest absolute Gasteiger partial charge is 0.331 e. The molecule has 0 aliphatic rings. The van der Waals surface area contributed by atoms with Crippen LogP contribution in [0.1, 0.15) is 23.6 Å². The lowest BCUT2D eigenvalue weighted by atomic mass is 10.1. The van der Waals surface area contributed by atoms with Crippen LogP contribution < -0.4 is 10.6 Å². The number of aryl methyl sites for hydroxylation is 1. The third-order valence-electron chi connectivity index (χ3n) is 3.88. The summed E-state index contributed by atoms with van der Waals surface area (Å²) in [6.45, 7) is 2.12. The van der Waals surface area contributed by atoms with Crippen molar-refractivity contribution >= 4 is 12.0 Å². The zero-order valence-electron chi connectivity index (χ0n) is 15.1. The highest BCUT2D eigenvalue weighted by molar-refractivity contribution is 5.83. The van der Waals surface area contributed by atoms with Crippen LogP contribution in [0.25, 0.3) is 0 Å². The molecule has 1 aromatic heterocycles. The average Bonchev–Trinajstić information content (AvgIpc) is 3.03. The summed E-state index contributed by atoms with van der Waals surface area (Å²) in [6, 6.07) is 8.53. The molecule has 2 amide bonds. The van der Waals surface area contributed by atoms with Gasteiger partial charge < -0.3 is 20.6 Å². The first-order chi connectivity index (χ1) is 12.5. The fourth-order valence-corrected chi connectivity index (χ4v) is 2.58. The predicted molar refractivity (Wildman–Crippen MR) is 97.5 cm³/mol. The van der Waals surface area contributed by atoms with Gasteiger partial charge in [0.15, 0.2) is 6.04 Å². The van der Waals surface area contributed by atoms with Crippen LogP contribution in [0.3, 0.4) is 0 Å². The summed E-state index contributed by atoms with van der Waals surface area (Å²) in [7, 11) is 3.71. The Labute approximate surface area is 152 Å². The summed E-state index contributed by atoms with van der Waals surface area (Å²) < 4.78 is 1.49. The van der Waals surface area contributed by atoms with E-state index in [0.29, 0.717) is 12.1 Å². The van der Waals surface area contributed by atoms with Crippen molar-refractivity contribution in [2.45, 2.75) is 19.0 Å². The van der Waals surface area contributed by atoms with Gasteiger partial charge in [-0.2, -0.15) is 5.10 Å². The molecule has 0 aliphatic carbocycles. The number of nitrogens with one attached hydrogen (secondary N) is 2. The van der Waals surface area contributed by atoms with Gasteiger partial charge in [0.1, 0.15) is 0 Å². The lowest BCUT2D eigenvalue weighted by molar-refractivity contribution is -0.139. The molecule has 0 bridgehead atoms. The number of aromatic nitrogens is 2. The maximum atomic E-state index is 11.9. The van der Waals surface area contributed by atoms with Crippen molar-refractivity contribution in [3.05, 3.63) is 53.9 Å². The molecule has 2 aromatic rings. The highest BCUT2D eigenvalue weighted by Crippen LogP contribution is 2.11. The van der Waals surface area contributed by atoms with E-state index in [9.17, 15) is 14.7 Å². The number of aliphatic carboxylic acids is 1. The molecule has 26 heavy (non-hydrogen) atoms. The van der Waals surface area contributed by atoms with Crippen molar-refractivity contribution in [3.8, 4) is 0 Å². The van der Waals surface area contributed by atoms with Gasteiger partial charge in [-0.15, -0.1) is 0 Å². The van der Waals surface area contributed by atoms with Gasteiger partial charge in [-0.25, -0.2) is 9.59 Å². The van der Waals surface area contributed by atoms with Gasteiger partial charge in [-0.3, -0.25) is 4.68 Å². The molecule has 1 heterocycles. The summed E-state index contributed by atoms with van der Waals surface area (Å²) in [4.78, 5) is 25.5. The molecule has 0 saturated carbocycles. The predicted octanol–water partition coefficient (Wildman–Crippen LogP) is 1.37. The lowest BCUT2D eigenvalue weighted by Crippen LogP contribution is -2.41. The molecule has 2 rings (SSSR count). The fraction of sp³-hybridized carbons (Fsp3) is 0.389.